The van der Waals surface area contributed by atoms with Crippen LogP contribution in [0.3, 0.4) is 0 Å². The van der Waals surface area contributed by atoms with Crippen LogP contribution in [0.5, 0.6) is 0 Å². The van der Waals surface area contributed by atoms with E-state index in [1.165, 1.54) is 12.1 Å². The van der Waals surface area contributed by atoms with Crippen LogP contribution in [0.4, 0.5) is 5.69 Å². The first-order valence-electron chi connectivity index (χ1n) is 11.7. The van der Waals surface area contributed by atoms with Gasteiger partial charge in [-0.15, -0.1) is 0 Å². The lowest BCUT2D eigenvalue weighted by atomic mass is 9.49. The summed E-state index contributed by atoms with van der Waals surface area (Å²) in [7, 11) is 1.96. The van der Waals surface area contributed by atoms with Gasteiger partial charge in [0.1, 0.15) is 0 Å². The summed E-state index contributed by atoms with van der Waals surface area (Å²) in [6.07, 6.45) is 9.49. The molecule has 4 aliphatic rings. The Labute approximate surface area is 180 Å². The predicted octanol–water partition coefficient (Wildman–Crippen LogP) is 5.23. The van der Waals surface area contributed by atoms with E-state index in [0.717, 1.165) is 37.8 Å². The van der Waals surface area contributed by atoms with Crippen molar-refractivity contribution >= 4 is 17.5 Å². The van der Waals surface area contributed by atoms with Crippen molar-refractivity contribution in [2.45, 2.75) is 58.8 Å². The Hall–Kier alpha value is -2.10. The fourth-order valence-corrected chi connectivity index (χ4v) is 7.76. The number of piperidine rings is 1. The Kier molecular flexibility index (Phi) is 4.61. The van der Waals surface area contributed by atoms with Gasteiger partial charge in [-0.3, -0.25) is 9.59 Å². The molecule has 160 valence electrons. The number of anilines is 1. The van der Waals surface area contributed by atoms with Crippen LogP contribution in [-0.2, 0) is 9.59 Å². The number of hydrogen-bond donors (Lipinski definition) is 1. The number of allylic oxidation sites excluding steroid dienone is 2. The highest BCUT2D eigenvalue weighted by Crippen LogP contribution is 2.66. The van der Waals surface area contributed by atoms with E-state index in [4.69, 9.17) is 0 Å². The Balaban J connectivity index is 1.39. The van der Waals surface area contributed by atoms with Gasteiger partial charge in [-0.25, -0.2) is 0 Å². The van der Waals surface area contributed by atoms with Crippen LogP contribution in [0.1, 0.15) is 58.8 Å². The Morgan fingerprint density at radius 1 is 1.07 bits per heavy atom. The minimum Gasteiger partial charge on any atom is -0.326 e. The third-order valence-corrected chi connectivity index (χ3v) is 9.38. The van der Waals surface area contributed by atoms with Crippen molar-refractivity contribution in [3.63, 3.8) is 0 Å². The Morgan fingerprint density at radius 3 is 2.60 bits per heavy atom. The monoisotopic (exact) mass is 406 g/mol. The molecule has 1 saturated heterocycles. The second kappa shape index (κ2) is 6.96. The molecule has 1 aliphatic heterocycles. The van der Waals surface area contributed by atoms with E-state index in [1.807, 2.05) is 42.3 Å². The number of nitrogens with one attached hydrogen (secondary N) is 1. The molecule has 4 nitrogen and oxygen atoms in total. The molecule has 3 aliphatic carbocycles. The highest BCUT2D eigenvalue weighted by Gasteiger charge is 2.60. The van der Waals surface area contributed by atoms with Crippen molar-refractivity contribution in [3.8, 4) is 0 Å². The lowest BCUT2D eigenvalue weighted by Gasteiger charge is -2.58. The fourth-order valence-electron chi connectivity index (χ4n) is 7.76. The lowest BCUT2D eigenvalue weighted by Crippen LogP contribution is -2.54. The largest absolute Gasteiger partial charge is 0.326 e. The summed E-state index contributed by atoms with van der Waals surface area (Å²) in [6.45, 7) is 4.78. The molecule has 0 spiro atoms. The van der Waals surface area contributed by atoms with Gasteiger partial charge >= 0.3 is 0 Å². The number of para-hydroxylation sites is 1. The SMILES string of the molecule is CN1C(=O)CC[C@@]2(C)C1=CC[C@H]1[C@@H]3CC[C@H](C(=O)Nc4ccccc4)[C@@]3(C)CC[C@@H]12. The van der Waals surface area contributed by atoms with Crippen molar-refractivity contribution in [3.05, 3.63) is 42.1 Å². The summed E-state index contributed by atoms with van der Waals surface area (Å²) in [5, 5.41) is 3.18. The molecular formula is C26H34N2O2. The van der Waals surface area contributed by atoms with Crippen LogP contribution in [-0.4, -0.2) is 23.8 Å². The Bertz CT molecular complexity index is 894. The molecule has 30 heavy (non-hydrogen) atoms. The zero-order chi connectivity index (χ0) is 21.1. The second-order valence-corrected chi connectivity index (χ2v) is 10.6. The topological polar surface area (TPSA) is 49.4 Å². The number of rotatable bonds is 2. The van der Waals surface area contributed by atoms with Gasteiger partial charge in [0.15, 0.2) is 0 Å². The molecule has 2 saturated carbocycles. The molecule has 4 heteroatoms. The number of carbonyl (C=O) groups excluding carboxylic acids is 2. The molecule has 0 unspecified atom stereocenters. The summed E-state index contributed by atoms with van der Waals surface area (Å²) >= 11 is 0. The quantitative estimate of drug-likeness (QED) is 0.731. The number of benzene rings is 1. The maximum Gasteiger partial charge on any atom is 0.228 e. The minimum atomic E-state index is 0.0815. The Morgan fingerprint density at radius 2 is 1.83 bits per heavy atom. The van der Waals surface area contributed by atoms with Crippen molar-refractivity contribution in [2.75, 3.05) is 12.4 Å². The van der Waals surface area contributed by atoms with E-state index < -0.39 is 0 Å². The number of likely N-dealkylation sites (tertiary alicyclic amines) is 1. The molecule has 1 N–H and O–H groups in total. The first kappa shape index (κ1) is 19.8. The minimum absolute atomic E-state index is 0.0815. The van der Waals surface area contributed by atoms with Crippen molar-refractivity contribution in [1.29, 1.82) is 0 Å². The van der Waals surface area contributed by atoms with E-state index in [2.05, 4.69) is 25.2 Å². The number of nitrogens with zero attached hydrogens (tertiary/aromatic N) is 1. The fraction of sp³-hybridized carbons (Fsp3) is 0.615. The third-order valence-electron chi connectivity index (χ3n) is 9.38. The third kappa shape index (κ3) is 2.79. The van der Waals surface area contributed by atoms with Gasteiger partial charge in [0, 0.05) is 36.2 Å². The lowest BCUT2D eigenvalue weighted by molar-refractivity contribution is -0.137. The van der Waals surface area contributed by atoms with E-state index in [1.54, 1.807) is 0 Å². The average molecular weight is 407 g/mol. The standard InChI is InChI=1S/C26H34N2O2/c1-25-15-13-20-18(9-12-22-26(20,2)16-14-23(29)28(22)3)19(25)10-11-21(25)24(30)27-17-7-5-4-6-8-17/h4-8,12,18-21H,9-11,13-16H2,1-3H3,(H,27,30)/t18-,19-,20-,21+,25-,26+/m0/s1. The molecule has 6 atom stereocenters. The number of hydrogen-bond acceptors (Lipinski definition) is 2. The summed E-state index contributed by atoms with van der Waals surface area (Å²) in [5.74, 6) is 2.41. The van der Waals surface area contributed by atoms with Crippen molar-refractivity contribution in [2.24, 2.45) is 34.5 Å². The highest BCUT2D eigenvalue weighted by molar-refractivity contribution is 5.93. The maximum absolute atomic E-state index is 13.2. The summed E-state index contributed by atoms with van der Waals surface area (Å²) in [5.41, 5.74) is 2.35. The van der Waals surface area contributed by atoms with Crippen molar-refractivity contribution in [1.82, 2.24) is 4.90 Å². The second-order valence-electron chi connectivity index (χ2n) is 10.6. The number of fused-ring (bicyclic) bond motifs is 5. The van der Waals surface area contributed by atoms with E-state index in [0.29, 0.717) is 24.2 Å². The highest BCUT2D eigenvalue weighted by atomic mass is 16.2. The van der Waals surface area contributed by atoms with E-state index >= 15 is 0 Å². The first-order valence-corrected chi connectivity index (χ1v) is 11.7. The van der Waals surface area contributed by atoms with Crippen LogP contribution in [0.2, 0.25) is 0 Å². The van der Waals surface area contributed by atoms with Gasteiger partial charge < -0.3 is 10.2 Å². The summed E-state index contributed by atoms with van der Waals surface area (Å²) in [4.78, 5) is 27.5. The molecule has 0 bridgehead atoms. The molecule has 0 aromatic heterocycles. The van der Waals surface area contributed by atoms with Crippen LogP contribution in [0, 0.1) is 34.5 Å². The van der Waals surface area contributed by atoms with Gasteiger partial charge in [-0.05, 0) is 73.8 Å². The normalized spacial score (nSPS) is 40.2. The molecule has 2 amide bonds. The predicted molar refractivity (Wildman–Crippen MR) is 118 cm³/mol. The number of carbonyl (C=O) groups is 2. The van der Waals surface area contributed by atoms with E-state index in [9.17, 15) is 9.59 Å². The van der Waals surface area contributed by atoms with Gasteiger partial charge in [-0.2, -0.15) is 0 Å². The van der Waals surface area contributed by atoms with Crippen LogP contribution in [0.15, 0.2) is 42.1 Å². The van der Waals surface area contributed by atoms with Gasteiger partial charge in [0.25, 0.3) is 0 Å². The van der Waals surface area contributed by atoms with Gasteiger partial charge in [0.2, 0.25) is 11.8 Å². The molecule has 5 rings (SSSR count). The zero-order valence-corrected chi connectivity index (χ0v) is 18.5. The summed E-state index contributed by atoms with van der Waals surface area (Å²) in [6, 6.07) is 9.86. The van der Waals surface area contributed by atoms with Gasteiger partial charge in [0.05, 0.1) is 0 Å². The first-order chi connectivity index (χ1) is 14.3. The molecule has 0 radical (unpaired) electrons. The smallest absolute Gasteiger partial charge is 0.228 e. The van der Waals surface area contributed by atoms with Gasteiger partial charge in [-0.1, -0.05) is 38.1 Å². The van der Waals surface area contributed by atoms with Crippen LogP contribution < -0.4 is 5.32 Å². The van der Waals surface area contributed by atoms with Crippen molar-refractivity contribution < 1.29 is 9.59 Å². The zero-order valence-electron chi connectivity index (χ0n) is 18.5. The molecule has 1 heterocycles. The van der Waals surface area contributed by atoms with Crippen LogP contribution >= 0.6 is 0 Å². The summed E-state index contributed by atoms with van der Waals surface area (Å²) < 4.78 is 0. The average Bonchev–Trinajstić information content (AvgIpc) is 3.09. The van der Waals surface area contributed by atoms with E-state index in [-0.39, 0.29) is 28.6 Å². The molecule has 3 fully saturated rings. The molecular weight excluding hydrogens is 372 g/mol. The number of amides is 2. The maximum atomic E-state index is 13.2. The molecule has 1 aromatic carbocycles. The van der Waals surface area contributed by atoms with Crippen LogP contribution in [0.25, 0.3) is 0 Å². The molecule has 1 aromatic rings.